The third kappa shape index (κ3) is 4.13. The fraction of sp³-hybridized carbons (Fsp3) is 0.423. The maximum atomic E-state index is 7.21. The monoisotopic (exact) mass is 468 g/mol. The van der Waals surface area contributed by atoms with Crippen molar-refractivity contribution in [3.8, 4) is 0 Å². The number of hydrogen-bond acceptors (Lipinski definition) is 4. The van der Waals surface area contributed by atoms with Gasteiger partial charge in [0.05, 0.1) is 22.2 Å². The number of rotatable bonds is 8. The summed E-state index contributed by atoms with van der Waals surface area (Å²) in [7, 11) is 6.64. The molecular weight excluding hydrogens is 436 g/mol. The lowest BCUT2D eigenvalue weighted by Crippen LogP contribution is -2.25. The van der Waals surface area contributed by atoms with Gasteiger partial charge in [-0.15, -0.1) is 0 Å². The van der Waals surface area contributed by atoms with E-state index in [1.807, 2.05) is 0 Å². The molecule has 170 valence electrons. The van der Waals surface area contributed by atoms with Gasteiger partial charge in [-0.3, -0.25) is 4.98 Å². The Kier molecular flexibility index (Phi) is 7.06. The lowest BCUT2D eigenvalue weighted by atomic mass is 10.1. The van der Waals surface area contributed by atoms with Crippen LogP contribution in [0.25, 0.3) is 10.9 Å². The number of anilines is 2. The first-order valence-corrected chi connectivity index (χ1v) is 13.8. The number of aryl methyl sites for hydroxylation is 1. The molecule has 1 aromatic heterocycles. The number of halogens is 1. The predicted molar refractivity (Wildman–Crippen MR) is 141 cm³/mol. The first-order chi connectivity index (χ1) is 15.5. The molecule has 6 heteroatoms. The van der Waals surface area contributed by atoms with Crippen LogP contribution in [0.15, 0.2) is 46.3 Å². The molecule has 0 radical (unpaired) electrons. The van der Waals surface area contributed by atoms with Crippen LogP contribution in [-0.2, 0) is 0 Å². The minimum Gasteiger partial charge on any atom is -0.372 e. The van der Waals surface area contributed by atoms with Crippen molar-refractivity contribution in [3.63, 3.8) is 0 Å². The van der Waals surface area contributed by atoms with Crippen LogP contribution < -0.4 is 15.2 Å². The zero-order valence-electron chi connectivity index (χ0n) is 19.8. The van der Waals surface area contributed by atoms with E-state index in [2.05, 4.69) is 80.8 Å². The van der Waals surface area contributed by atoms with Crippen LogP contribution in [0.4, 0.5) is 17.1 Å². The van der Waals surface area contributed by atoms with Crippen LogP contribution >= 0.6 is 20.4 Å². The molecule has 0 aliphatic carbocycles. The highest BCUT2D eigenvalue weighted by Crippen LogP contribution is 2.48. The second kappa shape index (κ2) is 9.80. The van der Waals surface area contributed by atoms with Crippen molar-refractivity contribution in [1.29, 1.82) is 0 Å². The predicted octanol–water partition coefficient (Wildman–Crippen LogP) is 7.01. The second-order valence-corrected chi connectivity index (χ2v) is 10.6. The molecule has 0 fully saturated rings. The molecule has 0 saturated carbocycles. The summed E-state index contributed by atoms with van der Waals surface area (Å²) in [6, 6.07) is 13.0. The smallest absolute Gasteiger partial charge is 0.0961 e. The zero-order chi connectivity index (χ0) is 22.8. The molecular formula is C26H33ClN4S. The number of fused-ring (bicyclic) bond motifs is 4. The maximum absolute atomic E-state index is 7.21. The van der Waals surface area contributed by atoms with Gasteiger partial charge in [-0.2, -0.15) is 0 Å². The second-order valence-electron chi connectivity index (χ2n) is 8.27. The largest absolute Gasteiger partial charge is 0.372 e. The van der Waals surface area contributed by atoms with E-state index < -0.39 is 9.70 Å². The van der Waals surface area contributed by atoms with Gasteiger partial charge in [0.1, 0.15) is 0 Å². The van der Waals surface area contributed by atoms with Crippen molar-refractivity contribution in [2.45, 2.75) is 52.4 Å². The van der Waals surface area contributed by atoms with Crippen molar-refractivity contribution >= 4 is 48.3 Å². The van der Waals surface area contributed by atoms with Gasteiger partial charge in [-0.05, 0) is 80.7 Å². The fourth-order valence-electron chi connectivity index (χ4n) is 4.49. The van der Waals surface area contributed by atoms with Gasteiger partial charge in [-0.25, -0.2) is 4.99 Å². The van der Waals surface area contributed by atoms with E-state index >= 15 is 0 Å². The van der Waals surface area contributed by atoms with E-state index in [0.29, 0.717) is 0 Å². The van der Waals surface area contributed by atoms with Crippen LogP contribution in [0.3, 0.4) is 0 Å². The molecule has 0 saturated heterocycles. The van der Waals surface area contributed by atoms with Crippen LogP contribution in [-0.4, -0.2) is 31.2 Å². The van der Waals surface area contributed by atoms with Gasteiger partial charge in [0.15, 0.2) is 0 Å². The zero-order valence-corrected chi connectivity index (χ0v) is 21.4. The summed E-state index contributed by atoms with van der Waals surface area (Å²) in [6.45, 7) is 14.9. The number of aromatic nitrogens is 1. The highest BCUT2D eigenvalue weighted by atomic mass is 35.7. The van der Waals surface area contributed by atoms with E-state index in [9.17, 15) is 0 Å². The standard InChI is InChI=1S/C26H33ClN4S/c1-6-14-31(15-7-2)22-17-24-26(20-12-10-18(5)28-25(20)22)29-21-13-11-19(30(8-3)9-4)16-23(21)32(24)27/h10-13,16-17H,6-9,14-15H2,1-5H3. The molecule has 2 heterocycles. The normalized spacial score (nSPS) is 14.6. The summed E-state index contributed by atoms with van der Waals surface area (Å²) in [4.78, 5) is 16.0. The summed E-state index contributed by atoms with van der Waals surface area (Å²) >= 11 is 0. The Labute approximate surface area is 198 Å². The molecule has 0 amide bonds. The first-order valence-electron chi connectivity index (χ1n) is 11.7. The van der Waals surface area contributed by atoms with E-state index in [1.165, 1.54) is 11.4 Å². The van der Waals surface area contributed by atoms with E-state index in [0.717, 1.165) is 76.1 Å². The van der Waals surface area contributed by atoms with E-state index in [-0.39, 0.29) is 0 Å². The highest BCUT2D eigenvalue weighted by molar-refractivity contribution is 8.29. The molecule has 0 bridgehead atoms. The molecule has 1 unspecified atom stereocenters. The third-order valence-corrected chi connectivity index (χ3v) is 8.46. The average Bonchev–Trinajstić information content (AvgIpc) is 2.80. The molecule has 32 heavy (non-hydrogen) atoms. The molecule has 2 aromatic carbocycles. The first kappa shape index (κ1) is 23.1. The summed E-state index contributed by atoms with van der Waals surface area (Å²) in [5, 5.41) is 2.07. The van der Waals surface area contributed by atoms with Crippen LogP contribution in [0, 0.1) is 11.4 Å². The van der Waals surface area contributed by atoms with Gasteiger partial charge < -0.3 is 9.80 Å². The Morgan fingerprint density at radius 1 is 0.906 bits per heavy atom. The molecule has 4 nitrogen and oxygen atoms in total. The SMILES string of the molecule is CCCN(CCC)c1cc2c(c3ccc(C)nc13)N=c1ccc(N(CC)CC)cc1=S2Cl. The van der Waals surface area contributed by atoms with Crippen molar-refractivity contribution in [2.24, 2.45) is 4.99 Å². The summed E-state index contributed by atoms with van der Waals surface area (Å²) < 4.78 is 1.12. The topological polar surface area (TPSA) is 31.7 Å². The molecule has 1 aliphatic heterocycles. The Morgan fingerprint density at radius 3 is 2.28 bits per heavy atom. The molecule has 3 aromatic rings. The van der Waals surface area contributed by atoms with Gasteiger partial charge in [-0.1, -0.05) is 23.5 Å². The van der Waals surface area contributed by atoms with Crippen molar-refractivity contribution < 1.29 is 0 Å². The number of pyridine rings is 1. The number of hydrogen-bond donors (Lipinski definition) is 0. The van der Waals surface area contributed by atoms with Crippen LogP contribution in [0.1, 0.15) is 46.2 Å². The summed E-state index contributed by atoms with van der Waals surface area (Å²) in [5.41, 5.74) is 5.43. The Hall–Kier alpha value is -2.11. The van der Waals surface area contributed by atoms with E-state index in [4.69, 9.17) is 20.7 Å². The molecule has 0 N–H and O–H groups in total. The van der Waals surface area contributed by atoms with Crippen molar-refractivity contribution in [1.82, 2.24) is 4.98 Å². The van der Waals surface area contributed by atoms with Gasteiger partial charge in [0.2, 0.25) is 0 Å². The number of benzene rings is 2. The molecule has 1 aliphatic rings. The van der Waals surface area contributed by atoms with Crippen molar-refractivity contribution in [2.75, 3.05) is 36.0 Å². The number of nitrogens with zero attached hydrogens (tertiary/aromatic N) is 4. The highest BCUT2D eigenvalue weighted by Gasteiger charge is 2.21. The molecule has 4 rings (SSSR count). The van der Waals surface area contributed by atoms with Crippen LogP contribution in [0.5, 0.6) is 0 Å². The van der Waals surface area contributed by atoms with Crippen LogP contribution in [0.2, 0.25) is 0 Å². The summed E-state index contributed by atoms with van der Waals surface area (Å²) in [6.07, 6.45) is 2.19. The van der Waals surface area contributed by atoms with Gasteiger partial charge >= 0.3 is 0 Å². The Balaban J connectivity index is 2.01. The molecule has 1 atom stereocenters. The minimum atomic E-state index is -0.570. The van der Waals surface area contributed by atoms with E-state index in [1.54, 1.807) is 0 Å². The Bertz CT molecular complexity index is 1260. The quantitative estimate of drug-likeness (QED) is 0.333. The molecule has 0 spiro atoms. The Morgan fingerprint density at radius 2 is 1.62 bits per heavy atom. The minimum absolute atomic E-state index is 0.570. The maximum Gasteiger partial charge on any atom is 0.0961 e. The third-order valence-electron chi connectivity index (χ3n) is 6.05. The lowest BCUT2D eigenvalue weighted by molar-refractivity contribution is 0.746. The van der Waals surface area contributed by atoms with Crippen molar-refractivity contribution in [3.05, 3.63) is 52.0 Å². The lowest BCUT2D eigenvalue weighted by Gasteiger charge is -2.27. The summed E-state index contributed by atoms with van der Waals surface area (Å²) in [5.74, 6) is 0. The average molecular weight is 469 g/mol. The fourth-order valence-corrected chi connectivity index (χ4v) is 6.51. The van der Waals surface area contributed by atoms with Gasteiger partial charge in [0.25, 0.3) is 0 Å². The van der Waals surface area contributed by atoms with Gasteiger partial charge in [0, 0.05) is 52.4 Å².